The lowest BCUT2D eigenvalue weighted by Gasteiger charge is -2.17. The highest BCUT2D eigenvalue weighted by molar-refractivity contribution is 5.73. The smallest absolute Gasteiger partial charge is 0.309 e. The SMILES string of the molecule is CCCCCCCC[C@H](C(=O)O)[C@H](O)CC(=O)O. The molecule has 0 rings (SSSR count). The van der Waals surface area contributed by atoms with Crippen LogP contribution in [0, 0.1) is 5.92 Å². The number of carbonyl (C=O) groups is 2. The van der Waals surface area contributed by atoms with Gasteiger partial charge in [0.1, 0.15) is 0 Å². The van der Waals surface area contributed by atoms with Gasteiger partial charge in [0.2, 0.25) is 0 Å². The number of unbranched alkanes of at least 4 members (excludes halogenated alkanes) is 5. The molecule has 5 nitrogen and oxygen atoms in total. The van der Waals surface area contributed by atoms with Crippen molar-refractivity contribution >= 4 is 11.9 Å². The Labute approximate surface area is 108 Å². The second-order valence-corrected chi connectivity index (χ2v) is 4.67. The highest BCUT2D eigenvalue weighted by atomic mass is 16.4. The van der Waals surface area contributed by atoms with Crippen molar-refractivity contribution in [3.05, 3.63) is 0 Å². The molecule has 106 valence electrons. The van der Waals surface area contributed by atoms with Crippen LogP contribution in [0.2, 0.25) is 0 Å². The maximum absolute atomic E-state index is 10.9. The van der Waals surface area contributed by atoms with Gasteiger partial charge in [-0.05, 0) is 6.42 Å². The molecular weight excluding hydrogens is 236 g/mol. The van der Waals surface area contributed by atoms with E-state index in [2.05, 4.69) is 6.92 Å². The van der Waals surface area contributed by atoms with Gasteiger partial charge in [0.25, 0.3) is 0 Å². The molecule has 0 heterocycles. The average Bonchev–Trinajstić information content (AvgIpc) is 2.26. The van der Waals surface area contributed by atoms with Gasteiger partial charge in [-0.15, -0.1) is 0 Å². The molecule has 0 radical (unpaired) electrons. The van der Waals surface area contributed by atoms with E-state index in [9.17, 15) is 14.7 Å². The van der Waals surface area contributed by atoms with Gasteiger partial charge in [-0.1, -0.05) is 45.4 Å². The summed E-state index contributed by atoms with van der Waals surface area (Å²) in [4.78, 5) is 21.4. The molecule has 0 amide bonds. The Morgan fingerprint density at radius 3 is 2.06 bits per heavy atom. The van der Waals surface area contributed by atoms with Crippen molar-refractivity contribution < 1.29 is 24.9 Å². The highest BCUT2D eigenvalue weighted by Gasteiger charge is 2.27. The van der Waals surface area contributed by atoms with Crippen LogP contribution in [0.5, 0.6) is 0 Å². The molecule has 0 aromatic heterocycles. The largest absolute Gasteiger partial charge is 0.481 e. The van der Waals surface area contributed by atoms with Crippen molar-refractivity contribution in [2.45, 2.75) is 64.4 Å². The summed E-state index contributed by atoms with van der Waals surface area (Å²) in [5.74, 6) is -3.25. The van der Waals surface area contributed by atoms with Gasteiger partial charge in [0.15, 0.2) is 0 Å². The van der Waals surface area contributed by atoms with E-state index in [0.29, 0.717) is 6.42 Å². The van der Waals surface area contributed by atoms with E-state index in [1.54, 1.807) is 0 Å². The second kappa shape index (κ2) is 9.88. The number of aliphatic hydroxyl groups is 1. The van der Waals surface area contributed by atoms with Crippen molar-refractivity contribution in [2.75, 3.05) is 0 Å². The molecule has 0 aliphatic heterocycles. The summed E-state index contributed by atoms with van der Waals surface area (Å²) >= 11 is 0. The minimum Gasteiger partial charge on any atom is -0.481 e. The van der Waals surface area contributed by atoms with E-state index >= 15 is 0 Å². The van der Waals surface area contributed by atoms with Gasteiger partial charge >= 0.3 is 11.9 Å². The van der Waals surface area contributed by atoms with Crippen LogP contribution in [0.3, 0.4) is 0 Å². The third-order valence-electron chi connectivity index (χ3n) is 3.03. The Morgan fingerprint density at radius 1 is 1.00 bits per heavy atom. The lowest BCUT2D eigenvalue weighted by molar-refractivity contribution is -0.148. The van der Waals surface area contributed by atoms with E-state index < -0.39 is 30.4 Å². The molecule has 2 atom stereocenters. The molecule has 0 saturated heterocycles. The van der Waals surface area contributed by atoms with Gasteiger partial charge in [-0.25, -0.2) is 0 Å². The lowest BCUT2D eigenvalue weighted by atomic mass is 9.93. The number of aliphatic carboxylic acids is 2. The fraction of sp³-hybridized carbons (Fsp3) is 0.846. The quantitative estimate of drug-likeness (QED) is 0.495. The minimum absolute atomic E-state index is 0.343. The molecule has 5 heteroatoms. The van der Waals surface area contributed by atoms with Crippen LogP contribution in [-0.4, -0.2) is 33.4 Å². The molecule has 0 fully saturated rings. The molecule has 0 aliphatic rings. The molecule has 0 unspecified atom stereocenters. The fourth-order valence-corrected chi connectivity index (χ4v) is 1.95. The lowest BCUT2D eigenvalue weighted by Crippen LogP contribution is -2.30. The highest BCUT2D eigenvalue weighted by Crippen LogP contribution is 2.18. The predicted molar refractivity (Wildman–Crippen MR) is 67.4 cm³/mol. The van der Waals surface area contributed by atoms with Crippen molar-refractivity contribution in [3.8, 4) is 0 Å². The number of aliphatic hydroxyl groups excluding tert-OH is 1. The number of rotatable bonds is 11. The monoisotopic (exact) mass is 260 g/mol. The van der Waals surface area contributed by atoms with Gasteiger partial charge in [-0.3, -0.25) is 9.59 Å². The van der Waals surface area contributed by atoms with Crippen LogP contribution in [0.25, 0.3) is 0 Å². The Morgan fingerprint density at radius 2 is 1.56 bits per heavy atom. The molecule has 3 N–H and O–H groups in total. The Balaban J connectivity index is 3.90. The molecule has 0 aliphatic carbocycles. The van der Waals surface area contributed by atoms with Crippen LogP contribution in [-0.2, 0) is 9.59 Å². The number of hydrogen-bond donors (Lipinski definition) is 3. The summed E-state index contributed by atoms with van der Waals surface area (Å²) in [5.41, 5.74) is 0. The predicted octanol–water partition coefficient (Wildman–Crippen LogP) is 2.27. The van der Waals surface area contributed by atoms with Gasteiger partial charge in [0.05, 0.1) is 18.4 Å². The molecule has 0 aromatic rings. The van der Waals surface area contributed by atoms with Crippen LogP contribution in [0.15, 0.2) is 0 Å². The molecule has 0 saturated carbocycles. The zero-order valence-electron chi connectivity index (χ0n) is 11.0. The van der Waals surface area contributed by atoms with Crippen LogP contribution in [0.1, 0.15) is 58.3 Å². The average molecular weight is 260 g/mol. The molecule has 18 heavy (non-hydrogen) atoms. The van der Waals surface area contributed by atoms with Gasteiger partial charge in [0, 0.05) is 0 Å². The second-order valence-electron chi connectivity index (χ2n) is 4.67. The zero-order chi connectivity index (χ0) is 14.0. The number of hydrogen-bond acceptors (Lipinski definition) is 3. The first kappa shape index (κ1) is 16.9. The number of carboxylic acids is 2. The standard InChI is InChI=1S/C13H24O5/c1-2-3-4-5-6-7-8-10(13(17)18)11(14)9-12(15)16/h10-11,14H,2-9H2,1H3,(H,15,16)(H,17,18)/t10-,11+/m0/s1. The summed E-state index contributed by atoms with van der Waals surface area (Å²) in [5, 5.41) is 27.0. The summed E-state index contributed by atoms with van der Waals surface area (Å²) in [6.07, 6.45) is 4.75. The van der Waals surface area contributed by atoms with Crippen molar-refractivity contribution in [1.82, 2.24) is 0 Å². The topological polar surface area (TPSA) is 94.8 Å². The zero-order valence-corrected chi connectivity index (χ0v) is 11.0. The first-order chi connectivity index (χ1) is 8.49. The molecule has 0 spiro atoms. The summed E-state index contributed by atoms with van der Waals surface area (Å²) in [6.45, 7) is 2.13. The van der Waals surface area contributed by atoms with E-state index in [4.69, 9.17) is 10.2 Å². The van der Waals surface area contributed by atoms with Gasteiger partial charge in [-0.2, -0.15) is 0 Å². The Hall–Kier alpha value is -1.10. The first-order valence-electron chi connectivity index (χ1n) is 6.61. The van der Waals surface area contributed by atoms with E-state index in [-0.39, 0.29) is 0 Å². The molecular formula is C13H24O5. The van der Waals surface area contributed by atoms with E-state index in [1.165, 1.54) is 6.42 Å². The summed E-state index contributed by atoms with van der Waals surface area (Å²) < 4.78 is 0. The van der Waals surface area contributed by atoms with E-state index in [0.717, 1.165) is 32.1 Å². The maximum atomic E-state index is 10.9. The number of carboxylic acid groups (broad SMARTS) is 2. The molecule has 0 aromatic carbocycles. The van der Waals surface area contributed by atoms with Crippen LogP contribution in [0.4, 0.5) is 0 Å². The van der Waals surface area contributed by atoms with Gasteiger partial charge < -0.3 is 15.3 Å². The third kappa shape index (κ3) is 8.06. The maximum Gasteiger partial charge on any atom is 0.309 e. The Kier molecular flexibility index (Phi) is 9.28. The van der Waals surface area contributed by atoms with Crippen LogP contribution < -0.4 is 0 Å². The van der Waals surface area contributed by atoms with Crippen LogP contribution >= 0.6 is 0 Å². The van der Waals surface area contributed by atoms with Crippen molar-refractivity contribution in [3.63, 3.8) is 0 Å². The third-order valence-corrected chi connectivity index (χ3v) is 3.03. The van der Waals surface area contributed by atoms with Crippen molar-refractivity contribution in [1.29, 1.82) is 0 Å². The molecule has 0 bridgehead atoms. The summed E-state index contributed by atoms with van der Waals surface area (Å²) in [7, 11) is 0. The minimum atomic E-state index is -1.30. The fourth-order valence-electron chi connectivity index (χ4n) is 1.95. The Bertz CT molecular complexity index is 252. The summed E-state index contributed by atoms with van der Waals surface area (Å²) in [6, 6.07) is 0. The first-order valence-corrected chi connectivity index (χ1v) is 6.61. The van der Waals surface area contributed by atoms with E-state index in [1.807, 2.05) is 0 Å². The van der Waals surface area contributed by atoms with Crippen molar-refractivity contribution in [2.24, 2.45) is 5.92 Å². The normalized spacial score (nSPS) is 14.1.